The molecule has 0 aliphatic carbocycles. The van der Waals surface area contributed by atoms with Gasteiger partial charge in [-0.25, -0.2) is 4.79 Å². The number of hydrogen-bond acceptors (Lipinski definition) is 3. The molecule has 1 aliphatic heterocycles. The van der Waals surface area contributed by atoms with Gasteiger partial charge in [-0.2, -0.15) is 0 Å². The van der Waals surface area contributed by atoms with E-state index in [9.17, 15) is 9.59 Å². The summed E-state index contributed by atoms with van der Waals surface area (Å²) >= 11 is 0. The number of aromatic nitrogens is 1. The number of aryl methyl sites for hydroxylation is 1. The van der Waals surface area contributed by atoms with Crippen LogP contribution in [0.2, 0.25) is 0 Å². The fourth-order valence-electron chi connectivity index (χ4n) is 2.40. The average molecular weight is 323 g/mol. The molecule has 1 aromatic rings. The summed E-state index contributed by atoms with van der Waals surface area (Å²) in [6.07, 6.45) is 2.30. The molecule has 1 aliphatic rings. The number of rotatable bonds is 3. The van der Waals surface area contributed by atoms with Gasteiger partial charge in [-0.15, -0.1) is 0 Å². The van der Waals surface area contributed by atoms with Gasteiger partial charge in [0.15, 0.2) is 0 Å². The van der Waals surface area contributed by atoms with E-state index >= 15 is 0 Å². The zero-order valence-corrected chi connectivity index (χ0v) is 15.0. The van der Waals surface area contributed by atoms with Crippen LogP contribution in [-0.2, 0) is 4.74 Å². The van der Waals surface area contributed by atoms with Crippen molar-refractivity contribution in [2.24, 2.45) is 0 Å². The fourth-order valence-corrected chi connectivity index (χ4v) is 2.40. The van der Waals surface area contributed by atoms with E-state index in [4.69, 9.17) is 4.74 Å². The first kappa shape index (κ1) is 19.1. The van der Waals surface area contributed by atoms with E-state index in [1.165, 1.54) is 0 Å². The number of amides is 2. The topological polar surface area (TPSA) is 72.4 Å². The lowest BCUT2D eigenvalue weighted by Crippen LogP contribution is -2.40. The van der Waals surface area contributed by atoms with Crippen LogP contribution >= 0.6 is 0 Å². The zero-order valence-electron chi connectivity index (χ0n) is 15.0. The third-order valence-electron chi connectivity index (χ3n) is 3.26. The van der Waals surface area contributed by atoms with Crippen LogP contribution in [0.5, 0.6) is 0 Å². The molecule has 23 heavy (non-hydrogen) atoms. The molecule has 0 aromatic carbocycles. The lowest BCUT2D eigenvalue weighted by Gasteiger charge is -2.27. The van der Waals surface area contributed by atoms with Gasteiger partial charge in [-0.3, -0.25) is 4.79 Å². The Morgan fingerprint density at radius 1 is 1.43 bits per heavy atom. The maximum atomic E-state index is 11.8. The van der Waals surface area contributed by atoms with Gasteiger partial charge < -0.3 is 19.9 Å². The highest BCUT2D eigenvalue weighted by atomic mass is 16.6. The minimum atomic E-state index is -0.492. The first-order valence-corrected chi connectivity index (χ1v) is 8.20. The van der Waals surface area contributed by atoms with Crippen LogP contribution in [-0.4, -0.2) is 35.3 Å². The van der Waals surface area contributed by atoms with Crippen molar-refractivity contribution in [1.82, 2.24) is 15.2 Å². The minimum Gasteiger partial charge on any atom is -0.444 e. The predicted molar refractivity (Wildman–Crippen MR) is 90.7 cm³/mol. The number of alkyl carbamates (subject to hydrolysis) is 1. The number of nitrogens with zero attached hydrogens (tertiary/aromatic N) is 1. The highest BCUT2D eigenvalue weighted by molar-refractivity contribution is 5.93. The molecule has 1 aromatic heterocycles. The fraction of sp³-hybridized carbons (Fsp3) is 0.647. The smallest absolute Gasteiger partial charge is 0.407 e. The van der Waals surface area contributed by atoms with Crippen LogP contribution in [0.4, 0.5) is 4.79 Å². The summed E-state index contributed by atoms with van der Waals surface area (Å²) in [4.78, 5) is 23.4. The van der Waals surface area contributed by atoms with E-state index in [1.54, 1.807) is 0 Å². The van der Waals surface area contributed by atoms with E-state index in [0.717, 1.165) is 12.0 Å². The zero-order chi connectivity index (χ0) is 17.6. The van der Waals surface area contributed by atoms with E-state index < -0.39 is 11.7 Å². The first-order chi connectivity index (χ1) is 10.8. The Morgan fingerprint density at radius 2 is 2.09 bits per heavy atom. The maximum Gasteiger partial charge on any atom is 0.407 e. The molecule has 0 bridgehead atoms. The largest absolute Gasteiger partial charge is 0.444 e. The lowest BCUT2D eigenvalue weighted by molar-refractivity contribution is 0.0523. The number of nitrogens with one attached hydrogen (secondary N) is 2. The van der Waals surface area contributed by atoms with Crippen molar-refractivity contribution >= 4 is 12.0 Å². The van der Waals surface area contributed by atoms with Crippen LogP contribution in [0.3, 0.4) is 0 Å². The van der Waals surface area contributed by atoms with Crippen LogP contribution < -0.4 is 10.6 Å². The van der Waals surface area contributed by atoms with Gasteiger partial charge >= 0.3 is 6.09 Å². The molecule has 0 radical (unpaired) electrons. The van der Waals surface area contributed by atoms with Gasteiger partial charge in [0.25, 0.3) is 5.91 Å². The van der Waals surface area contributed by atoms with Crippen LogP contribution in [0.15, 0.2) is 12.3 Å². The van der Waals surface area contributed by atoms with Crippen LogP contribution in [0.25, 0.3) is 0 Å². The molecule has 2 heterocycles. The Balaban J connectivity index is 0.00000127. The van der Waals surface area contributed by atoms with Gasteiger partial charge in [-0.05, 0) is 45.7 Å². The highest BCUT2D eigenvalue weighted by Gasteiger charge is 2.25. The summed E-state index contributed by atoms with van der Waals surface area (Å²) in [7, 11) is 0. The standard InChI is InChI=1S/C15H23N3O3.C2H6/c1-10-7-12-13(19)17-8-11(18(12)9-10)5-6-16-14(20)21-15(2,3)4;1-2/h7,9,11H,5-6,8H2,1-4H3,(H,16,20)(H,17,19);1-2H3/t11-;/m0./s1. The summed E-state index contributed by atoms with van der Waals surface area (Å²) in [5, 5.41) is 5.62. The molecular weight excluding hydrogens is 294 g/mol. The molecule has 0 saturated heterocycles. The lowest BCUT2D eigenvalue weighted by atomic mass is 10.1. The van der Waals surface area contributed by atoms with E-state index in [-0.39, 0.29) is 11.9 Å². The Bertz CT molecular complexity index is 544. The molecular formula is C17H29N3O3. The van der Waals surface area contributed by atoms with E-state index in [0.29, 0.717) is 18.8 Å². The SMILES string of the molecule is CC.Cc1cc2n(c1)[C@@H](CCNC(=O)OC(C)(C)C)CNC2=O. The Morgan fingerprint density at radius 3 is 2.70 bits per heavy atom. The number of carbonyl (C=O) groups is 2. The van der Waals surface area contributed by atoms with Crippen LogP contribution in [0, 0.1) is 6.92 Å². The minimum absolute atomic E-state index is 0.0422. The second-order valence-electron chi connectivity index (χ2n) is 6.39. The predicted octanol–water partition coefficient (Wildman–Crippen LogP) is 3.02. The molecule has 0 unspecified atom stereocenters. The molecule has 1 atom stereocenters. The summed E-state index contributed by atoms with van der Waals surface area (Å²) in [5.41, 5.74) is 1.25. The van der Waals surface area contributed by atoms with Crippen molar-refractivity contribution in [3.05, 3.63) is 23.5 Å². The number of ether oxygens (including phenoxy) is 1. The quantitative estimate of drug-likeness (QED) is 0.898. The highest BCUT2D eigenvalue weighted by Crippen LogP contribution is 2.21. The first-order valence-electron chi connectivity index (χ1n) is 8.20. The monoisotopic (exact) mass is 323 g/mol. The molecule has 2 amide bonds. The summed E-state index contributed by atoms with van der Waals surface area (Å²) in [5.74, 6) is -0.0422. The number of hydrogen-bond donors (Lipinski definition) is 2. The van der Waals surface area contributed by atoms with E-state index in [1.807, 2.05) is 58.4 Å². The Labute approximate surface area is 138 Å². The van der Waals surface area contributed by atoms with Crippen molar-refractivity contribution in [3.8, 4) is 0 Å². The maximum absolute atomic E-state index is 11.8. The second kappa shape index (κ2) is 8.04. The van der Waals surface area contributed by atoms with E-state index in [2.05, 4.69) is 10.6 Å². The van der Waals surface area contributed by atoms with Gasteiger partial charge in [0.1, 0.15) is 11.3 Å². The molecule has 0 spiro atoms. The second-order valence-corrected chi connectivity index (χ2v) is 6.39. The van der Waals surface area contributed by atoms with Crippen LogP contribution in [0.1, 0.15) is 63.1 Å². The molecule has 2 N–H and O–H groups in total. The normalized spacial score (nSPS) is 16.6. The third kappa shape index (κ3) is 5.62. The molecule has 0 saturated carbocycles. The average Bonchev–Trinajstić information content (AvgIpc) is 2.84. The van der Waals surface area contributed by atoms with Crippen molar-refractivity contribution in [2.45, 2.75) is 59.6 Å². The molecule has 6 heteroatoms. The molecule has 6 nitrogen and oxygen atoms in total. The summed E-state index contributed by atoms with van der Waals surface area (Å²) < 4.78 is 7.18. The number of fused-ring (bicyclic) bond motifs is 1. The summed E-state index contributed by atoms with van der Waals surface area (Å²) in [6, 6.07) is 2.03. The molecule has 0 fully saturated rings. The molecule has 130 valence electrons. The number of carbonyl (C=O) groups excluding carboxylic acids is 2. The Hall–Kier alpha value is -1.98. The molecule has 2 rings (SSSR count). The van der Waals surface area contributed by atoms with Crippen molar-refractivity contribution in [2.75, 3.05) is 13.1 Å². The van der Waals surface area contributed by atoms with Gasteiger partial charge in [0.05, 0.1) is 6.04 Å². The Kier molecular flexibility index (Phi) is 6.66. The van der Waals surface area contributed by atoms with Gasteiger partial charge in [0.2, 0.25) is 0 Å². The van der Waals surface area contributed by atoms with Crippen molar-refractivity contribution in [3.63, 3.8) is 0 Å². The third-order valence-corrected chi connectivity index (χ3v) is 3.26. The van der Waals surface area contributed by atoms with Crippen molar-refractivity contribution in [1.29, 1.82) is 0 Å². The van der Waals surface area contributed by atoms with Crippen molar-refractivity contribution < 1.29 is 14.3 Å². The van der Waals surface area contributed by atoms with Gasteiger partial charge in [0, 0.05) is 19.3 Å². The van der Waals surface area contributed by atoms with Gasteiger partial charge in [-0.1, -0.05) is 13.8 Å². The summed E-state index contributed by atoms with van der Waals surface area (Å²) in [6.45, 7) is 12.5.